The molecule has 1 aliphatic rings. The zero-order valence-electron chi connectivity index (χ0n) is 12.5. The summed E-state index contributed by atoms with van der Waals surface area (Å²) in [5.74, 6) is -0.537. The predicted octanol–water partition coefficient (Wildman–Crippen LogP) is 3.34. The van der Waals surface area contributed by atoms with Gasteiger partial charge in [0, 0.05) is 12.3 Å². The molecular formula is C17H17NO4S. The van der Waals surface area contributed by atoms with Gasteiger partial charge < -0.3 is 14.8 Å². The van der Waals surface area contributed by atoms with Gasteiger partial charge in [0.25, 0.3) is 5.91 Å². The van der Waals surface area contributed by atoms with Crippen LogP contribution in [0.15, 0.2) is 41.8 Å². The lowest BCUT2D eigenvalue weighted by atomic mass is 10.2. The summed E-state index contributed by atoms with van der Waals surface area (Å²) in [7, 11) is 0. The summed E-state index contributed by atoms with van der Waals surface area (Å²) in [6.07, 6.45) is 1.96. The van der Waals surface area contributed by atoms with Crippen molar-refractivity contribution in [3.63, 3.8) is 0 Å². The van der Waals surface area contributed by atoms with E-state index in [1.165, 1.54) is 11.3 Å². The molecule has 1 aromatic carbocycles. The van der Waals surface area contributed by atoms with Gasteiger partial charge in [0.15, 0.2) is 0 Å². The smallest absolute Gasteiger partial charge is 0.338 e. The summed E-state index contributed by atoms with van der Waals surface area (Å²) < 4.78 is 10.7. The van der Waals surface area contributed by atoms with E-state index in [1.54, 1.807) is 30.3 Å². The number of carbonyl (C=O) groups excluding carboxylic acids is 2. The fourth-order valence-electron chi connectivity index (χ4n) is 2.32. The molecule has 2 aromatic rings. The number of anilines is 1. The topological polar surface area (TPSA) is 64.6 Å². The minimum Gasteiger partial charge on any atom is -0.459 e. The molecule has 1 atom stereocenters. The summed E-state index contributed by atoms with van der Waals surface area (Å²) in [5.41, 5.74) is 1.09. The maximum absolute atomic E-state index is 12.0. The molecule has 0 spiro atoms. The van der Waals surface area contributed by atoms with Crippen molar-refractivity contribution in [3.8, 4) is 0 Å². The average molecular weight is 331 g/mol. The molecule has 0 bridgehead atoms. The van der Waals surface area contributed by atoms with Gasteiger partial charge in [0.1, 0.15) is 6.61 Å². The quantitative estimate of drug-likeness (QED) is 0.854. The second-order valence-corrected chi connectivity index (χ2v) is 6.19. The molecule has 2 heterocycles. The second kappa shape index (κ2) is 7.39. The number of amides is 1. The van der Waals surface area contributed by atoms with Crippen LogP contribution in [0.25, 0.3) is 0 Å². The van der Waals surface area contributed by atoms with Crippen molar-refractivity contribution >= 4 is 28.9 Å². The van der Waals surface area contributed by atoms with Crippen LogP contribution in [0.2, 0.25) is 0 Å². The van der Waals surface area contributed by atoms with Crippen LogP contribution in [-0.4, -0.2) is 31.2 Å². The SMILES string of the molecule is O=C(OCC1CCCO1)c1ccc(NC(=O)c2cccs2)cc1. The Balaban J connectivity index is 1.53. The van der Waals surface area contributed by atoms with Crippen molar-refractivity contribution in [2.24, 2.45) is 0 Å². The zero-order valence-corrected chi connectivity index (χ0v) is 13.3. The average Bonchev–Trinajstić information content (AvgIpc) is 3.26. The van der Waals surface area contributed by atoms with Crippen molar-refractivity contribution in [3.05, 3.63) is 52.2 Å². The maximum atomic E-state index is 12.0. The Labute approximate surface area is 138 Å². The third kappa shape index (κ3) is 4.18. The molecule has 1 N–H and O–H groups in total. The van der Waals surface area contributed by atoms with Gasteiger partial charge in [-0.3, -0.25) is 4.79 Å². The fourth-order valence-corrected chi connectivity index (χ4v) is 2.94. The number of hydrogen-bond donors (Lipinski definition) is 1. The van der Waals surface area contributed by atoms with E-state index in [9.17, 15) is 9.59 Å². The summed E-state index contributed by atoms with van der Waals surface area (Å²) in [6, 6.07) is 10.2. The van der Waals surface area contributed by atoms with Crippen LogP contribution in [-0.2, 0) is 9.47 Å². The monoisotopic (exact) mass is 331 g/mol. The van der Waals surface area contributed by atoms with Crippen molar-refractivity contribution in [1.29, 1.82) is 0 Å². The number of rotatable bonds is 5. The molecule has 1 aliphatic heterocycles. The Morgan fingerprint density at radius 2 is 2.09 bits per heavy atom. The standard InChI is InChI=1S/C17H17NO4S/c19-16(15-4-2-10-23-15)18-13-7-5-12(6-8-13)17(20)22-11-14-3-1-9-21-14/h2,4-8,10,14H,1,3,9,11H2,(H,18,19). The van der Waals surface area contributed by atoms with Crippen LogP contribution in [0.1, 0.15) is 32.9 Å². The first-order valence-electron chi connectivity index (χ1n) is 7.46. The molecule has 1 amide bonds. The summed E-state index contributed by atoms with van der Waals surface area (Å²) in [6.45, 7) is 1.02. The molecular weight excluding hydrogens is 314 g/mol. The van der Waals surface area contributed by atoms with Crippen LogP contribution in [0.5, 0.6) is 0 Å². The first kappa shape index (κ1) is 15.7. The Morgan fingerprint density at radius 3 is 2.74 bits per heavy atom. The number of thiophene rings is 1. The minimum atomic E-state index is -0.378. The summed E-state index contributed by atoms with van der Waals surface area (Å²) in [4.78, 5) is 24.5. The van der Waals surface area contributed by atoms with Gasteiger partial charge in [-0.15, -0.1) is 11.3 Å². The summed E-state index contributed by atoms with van der Waals surface area (Å²) >= 11 is 1.38. The van der Waals surface area contributed by atoms with E-state index >= 15 is 0 Å². The molecule has 5 nitrogen and oxygen atoms in total. The first-order chi connectivity index (χ1) is 11.2. The van der Waals surface area contributed by atoms with Crippen LogP contribution in [0.4, 0.5) is 5.69 Å². The van der Waals surface area contributed by atoms with Crippen molar-refractivity contribution < 1.29 is 19.1 Å². The van der Waals surface area contributed by atoms with E-state index in [4.69, 9.17) is 9.47 Å². The van der Waals surface area contributed by atoms with Crippen molar-refractivity contribution in [2.45, 2.75) is 18.9 Å². The van der Waals surface area contributed by atoms with E-state index < -0.39 is 0 Å². The Bertz CT molecular complexity index is 660. The minimum absolute atomic E-state index is 0.0170. The lowest BCUT2D eigenvalue weighted by Crippen LogP contribution is -2.18. The molecule has 0 radical (unpaired) electrons. The van der Waals surface area contributed by atoms with E-state index in [-0.39, 0.29) is 24.6 Å². The summed E-state index contributed by atoms with van der Waals surface area (Å²) in [5, 5.41) is 4.64. The molecule has 0 saturated carbocycles. The van der Waals surface area contributed by atoms with Gasteiger partial charge in [-0.1, -0.05) is 6.07 Å². The largest absolute Gasteiger partial charge is 0.459 e. The second-order valence-electron chi connectivity index (χ2n) is 5.24. The van der Waals surface area contributed by atoms with E-state index in [0.717, 1.165) is 19.4 Å². The highest BCUT2D eigenvalue weighted by Gasteiger charge is 2.18. The zero-order chi connectivity index (χ0) is 16.1. The number of hydrogen-bond acceptors (Lipinski definition) is 5. The van der Waals surface area contributed by atoms with Crippen LogP contribution in [0.3, 0.4) is 0 Å². The molecule has 1 aromatic heterocycles. The Kier molecular flexibility index (Phi) is 5.05. The predicted molar refractivity (Wildman–Crippen MR) is 88.0 cm³/mol. The van der Waals surface area contributed by atoms with Crippen molar-refractivity contribution in [1.82, 2.24) is 0 Å². The highest BCUT2D eigenvalue weighted by Crippen LogP contribution is 2.16. The highest BCUT2D eigenvalue weighted by atomic mass is 32.1. The number of benzene rings is 1. The number of carbonyl (C=O) groups is 2. The molecule has 0 aliphatic carbocycles. The van der Waals surface area contributed by atoms with Crippen LogP contribution >= 0.6 is 11.3 Å². The Morgan fingerprint density at radius 1 is 1.26 bits per heavy atom. The number of ether oxygens (including phenoxy) is 2. The number of nitrogens with one attached hydrogen (secondary N) is 1. The van der Waals surface area contributed by atoms with Gasteiger partial charge in [-0.25, -0.2) is 4.79 Å². The van der Waals surface area contributed by atoms with E-state index in [0.29, 0.717) is 16.1 Å². The van der Waals surface area contributed by atoms with E-state index in [1.807, 2.05) is 11.4 Å². The third-order valence-electron chi connectivity index (χ3n) is 3.55. The molecule has 1 fully saturated rings. The van der Waals surface area contributed by atoms with Gasteiger partial charge in [0.2, 0.25) is 0 Å². The number of esters is 1. The molecule has 1 saturated heterocycles. The first-order valence-corrected chi connectivity index (χ1v) is 8.34. The van der Waals surface area contributed by atoms with Gasteiger partial charge in [0.05, 0.1) is 16.5 Å². The molecule has 1 unspecified atom stereocenters. The lowest BCUT2D eigenvalue weighted by Gasteiger charge is -2.10. The molecule has 3 rings (SSSR count). The molecule has 23 heavy (non-hydrogen) atoms. The van der Waals surface area contributed by atoms with E-state index in [2.05, 4.69) is 5.32 Å². The van der Waals surface area contributed by atoms with Crippen LogP contribution in [0, 0.1) is 0 Å². The molecule has 120 valence electrons. The third-order valence-corrected chi connectivity index (χ3v) is 4.42. The molecule has 6 heteroatoms. The van der Waals surface area contributed by atoms with Crippen molar-refractivity contribution in [2.75, 3.05) is 18.5 Å². The van der Waals surface area contributed by atoms with Gasteiger partial charge >= 0.3 is 5.97 Å². The maximum Gasteiger partial charge on any atom is 0.338 e. The van der Waals surface area contributed by atoms with Gasteiger partial charge in [-0.2, -0.15) is 0 Å². The lowest BCUT2D eigenvalue weighted by molar-refractivity contribution is 0.0161. The fraction of sp³-hybridized carbons (Fsp3) is 0.294. The van der Waals surface area contributed by atoms with Gasteiger partial charge in [-0.05, 0) is 48.6 Å². The normalized spacial score (nSPS) is 17.0. The van der Waals surface area contributed by atoms with Crippen LogP contribution < -0.4 is 5.32 Å². The Hall–Kier alpha value is -2.18. The highest BCUT2D eigenvalue weighted by molar-refractivity contribution is 7.12.